The molecule has 0 saturated carbocycles. The number of aryl methyl sites for hydroxylation is 1. The summed E-state index contributed by atoms with van der Waals surface area (Å²) in [5.74, 6) is -1.76. The molecule has 1 rings (SSSR count). The molecule has 0 unspecified atom stereocenters. The number of carbonyl (C=O) groups is 2. The second kappa shape index (κ2) is 7.37. The van der Waals surface area contributed by atoms with E-state index in [1.165, 1.54) is 0 Å². The Bertz CT molecular complexity index is 518. The highest BCUT2D eigenvalue weighted by Crippen LogP contribution is 2.03. The van der Waals surface area contributed by atoms with Crippen molar-refractivity contribution in [1.82, 2.24) is 5.16 Å². The fraction of sp³-hybridized carbons (Fsp3) is 0.400. The van der Waals surface area contributed by atoms with E-state index in [1.807, 2.05) is 0 Å². The average molecular weight is 292 g/mol. The Hall–Kier alpha value is -2.09. The smallest absolute Gasteiger partial charge is 0.434 e. The Labute approximate surface area is 111 Å². The highest BCUT2D eigenvalue weighted by molar-refractivity contribution is 6.41. The van der Waals surface area contributed by atoms with Gasteiger partial charge in [-0.15, -0.1) is 0 Å². The molecule has 9 heteroatoms. The van der Waals surface area contributed by atoms with Gasteiger partial charge in [-0.25, -0.2) is 14.4 Å². The van der Waals surface area contributed by atoms with Crippen LogP contribution < -0.4 is 5.82 Å². The van der Waals surface area contributed by atoms with E-state index in [9.17, 15) is 14.4 Å². The zero-order valence-corrected chi connectivity index (χ0v) is 10.5. The average Bonchev–Trinajstić information content (AvgIpc) is 2.74. The molecule has 0 radical (unpaired) electrons. The minimum absolute atomic E-state index is 0.0307. The van der Waals surface area contributed by atoms with E-state index in [2.05, 4.69) is 30.1 Å². The maximum Gasteiger partial charge on any atom is 0.542 e. The number of ether oxygens (including phenoxy) is 2. The maximum atomic E-state index is 10.9. The molecule has 0 N–H and O–H groups in total. The van der Waals surface area contributed by atoms with E-state index in [4.69, 9.17) is 11.6 Å². The lowest BCUT2D eigenvalue weighted by Gasteiger charge is -2.03. The molecule has 0 aliphatic rings. The summed E-state index contributed by atoms with van der Waals surface area (Å²) in [6, 6.07) is 0. The van der Waals surface area contributed by atoms with Crippen molar-refractivity contribution in [2.75, 3.05) is 6.61 Å². The molecule has 0 saturated heterocycles. The minimum Gasteiger partial charge on any atom is -0.434 e. The molecule has 1 aromatic rings. The van der Waals surface area contributed by atoms with Crippen LogP contribution in [0.3, 0.4) is 0 Å². The zero-order chi connectivity index (χ0) is 14.3. The fourth-order valence-electron chi connectivity index (χ4n) is 1.01. The van der Waals surface area contributed by atoms with Gasteiger partial charge < -0.3 is 13.9 Å². The lowest BCUT2D eigenvalue weighted by molar-refractivity contribution is -0.134. The van der Waals surface area contributed by atoms with E-state index < -0.39 is 23.0 Å². The van der Waals surface area contributed by atoms with Crippen LogP contribution in [0.2, 0.25) is 0 Å². The Kier molecular flexibility index (Phi) is 5.80. The topological polar surface area (TPSA) is 109 Å². The van der Waals surface area contributed by atoms with Crippen molar-refractivity contribution in [2.24, 2.45) is 0 Å². The van der Waals surface area contributed by atoms with Gasteiger partial charge in [-0.3, -0.25) is 4.52 Å². The Morgan fingerprint density at radius 2 is 2.11 bits per heavy atom. The first kappa shape index (κ1) is 15.0. The van der Waals surface area contributed by atoms with Crippen molar-refractivity contribution in [3.8, 4) is 0 Å². The quantitative estimate of drug-likeness (QED) is 0.335. The normalized spacial score (nSPS) is 9.95. The predicted molar refractivity (Wildman–Crippen MR) is 60.4 cm³/mol. The summed E-state index contributed by atoms with van der Waals surface area (Å²) in [6.07, 6.45) is 0.210. The first-order valence-corrected chi connectivity index (χ1v) is 5.56. The number of unbranched alkanes of at least 4 members (excludes halogenated alkanes) is 1. The number of rotatable bonds is 6. The summed E-state index contributed by atoms with van der Waals surface area (Å²) in [4.78, 5) is 32.3. The van der Waals surface area contributed by atoms with Crippen LogP contribution in [0.4, 0.5) is 4.79 Å². The van der Waals surface area contributed by atoms with Gasteiger partial charge in [0, 0.05) is 6.42 Å². The van der Waals surface area contributed by atoms with Gasteiger partial charge in [0.15, 0.2) is 0 Å². The number of hydrogen-bond donors (Lipinski definition) is 0. The molecular weight excluding hydrogens is 282 g/mol. The minimum atomic E-state index is -1.15. The van der Waals surface area contributed by atoms with E-state index in [0.29, 0.717) is 19.3 Å². The third-order valence-corrected chi connectivity index (χ3v) is 1.98. The highest BCUT2D eigenvalue weighted by atomic mass is 35.5. The molecule has 19 heavy (non-hydrogen) atoms. The summed E-state index contributed by atoms with van der Waals surface area (Å²) in [5.41, 5.74) is 0. The second-order valence-electron chi connectivity index (χ2n) is 3.28. The van der Waals surface area contributed by atoms with Gasteiger partial charge in [-0.2, -0.15) is 0 Å². The summed E-state index contributed by atoms with van der Waals surface area (Å²) >= 11 is 5.20. The molecule has 1 aromatic heterocycles. The van der Waals surface area contributed by atoms with Crippen LogP contribution in [0.1, 0.15) is 18.7 Å². The summed E-state index contributed by atoms with van der Waals surface area (Å²) in [7, 11) is 0. The molecule has 0 spiro atoms. The number of esters is 1. The van der Waals surface area contributed by atoms with Crippen LogP contribution in [0.25, 0.3) is 0 Å². The molecule has 1 heterocycles. The fourth-order valence-corrected chi connectivity index (χ4v) is 1.05. The van der Waals surface area contributed by atoms with E-state index in [-0.39, 0.29) is 12.5 Å². The zero-order valence-electron chi connectivity index (χ0n) is 9.72. The van der Waals surface area contributed by atoms with Crippen LogP contribution in [-0.4, -0.2) is 23.9 Å². The number of hydrogen-bond acceptors (Lipinski definition) is 8. The van der Waals surface area contributed by atoms with Gasteiger partial charge in [-0.05, 0) is 18.0 Å². The largest absolute Gasteiger partial charge is 0.542 e. The molecule has 0 fully saturated rings. The van der Waals surface area contributed by atoms with Gasteiger partial charge >= 0.3 is 17.9 Å². The van der Waals surface area contributed by atoms with E-state index >= 15 is 0 Å². The molecule has 8 nitrogen and oxygen atoms in total. The number of aromatic nitrogens is 1. The Morgan fingerprint density at radius 3 is 2.68 bits per heavy atom. The standard InChI is InChI=1S/C10H10ClNO7/c1-6(11)8(13)18-9(14)16-5-3-2-4-7-12-19-10(15)17-7/h1-5H2. The maximum absolute atomic E-state index is 10.9. The van der Waals surface area contributed by atoms with Gasteiger partial charge in [0.2, 0.25) is 5.89 Å². The lowest BCUT2D eigenvalue weighted by atomic mass is 10.2. The first-order chi connectivity index (χ1) is 8.99. The molecule has 0 aliphatic carbocycles. The van der Waals surface area contributed by atoms with Crippen molar-refractivity contribution >= 4 is 23.7 Å². The van der Waals surface area contributed by atoms with Crippen LogP contribution in [-0.2, 0) is 20.7 Å². The monoisotopic (exact) mass is 291 g/mol. The van der Waals surface area contributed by atoms with Gasteiger partial charge in [0.25, 0.3) is 0 Å². The third-order valence-electron chi connectivity index (χ3n) is 1.83. The van der Waals surface area contributed by atoms with Crippen LogP contribution in [0, 0.1) is 0 Å². The second-order valence-corrected chi connectivity index (χ2v) is 3.73. The van der Waals surface area contributed by atoms with Gasteiger partial charge in [0.05, 0.1) is 6.61 Å². The van der Waals surface area contributed by atoms with Gasteiger partial charge in [0.1, 0.15) is 5.03 Å². The van der Waals surface area contributed by atoms with Crippen LogP contribution in [0.5, 0.6) is 0 Å². The van der Waals surface area contributed by atoms with E-state index in [1.54, 1.807) is 0 Å². The molecule has 0 aromatic carbocycles. The molecule has 104 valence electrons. The Morgan fingerprint density at radius 1 is 1.37 bits per heavy atom. The third kappa shape index (κ3) is 5.87. The highest BCUT2D eigenvalue weighted by Gasteiger charge is 2.13. The van der Waals surface area contributed by atoms with Crippen molar-refractivity contribution in [2.45, 2.75) is 19.3 Å². The van der Waals surface area contributed by atoms with Crippen molar-refractivity contribution < 1.29 is 28.0 Å². The molecule has 0 amide bonds. The number of carbonyl (C=O) groups excluding carboxylic acids is 2. The number of nitrogens with zero attached hydrogens (tertiary/aromatic N) is 1. The lowest BCUT2D eigenvalue weighted by Crippen LogP contribution is -2.14. The summed E-state index contributed by atoms with van der Waals surface area (Å²) < 4.78 is 17.5. The summed E-state index contributed by atoms with van der Waals surface area (Å²) in [6.45, 7) is 3.12. The molecule has 0 aliphatic heterocycles. The van der Waals surface area contributed by atoms with Crippen LogP contribution in [0.15, 0.2) is 25.3 Å². The van der Waals surface area contributed by atoms with Crippen molar-refractivity contribution in [3.63, 3.8) is 0 Å². The molecule has 0 bridgehead atoms. The Balaban J connectivity index is 2.10. The summed E-state index contributed by atoms with van der Waals surface area (Å²) in [5, 5.41) is 2.93. The first-order valence-electron chi connectivity index (χ1n) is 5.18. The van der Waals surface area contributed by atoms with E-state index in [0.717, 1.165) is 0 Å². The SMILES string of the molecule is C=C(Cl)C(=O)OC(=O)OCCCCc1noc(=O)o1. The van der Waals surface area contributed by atoms with Crippen LogP contribution >= 0.6 is 11.6 Å². The van der Waals surface area contributed by atoms with Gasteiger partial charge in [-0.1, -0.05) is 18.2 Å². The number of halogens is 1. The van der Waals surface area contributed by atoms with Crippen molar-refractivity contribution in [1.29, 1.82) is 0 Å². The molecular formula is C10H10ClNO7. The van der Waals surface area contributed by atoms with Crippen molar-refractivity contribution in [3.05, 3.63) is 28.1 Å². The molecule has 0 atom stereocenters. The predicted octanol–water partition coefficient (Wildman–Crippen LogP) is 1.38.